The normalized spacial score (nSPS) is 14.1. The summed E-state index contributed by atoms with van der Waals surface area (Å²) in [6, 6.07) is 13.3. The predicted octanol–water partition coefficient (Wildman–Crippen LogP) is 3.29. The van der Waals surface area contributed by atoms with E-state index < -0.39 is 28.5 Å². The minimum Gasteiger partial charge on any atom is -0.454 e. The molecule has 0 aromatic heterocycles. The molecule has 0 radical (unpaired) electrons. The maximum atomic E-state index is 13.8. The van der Waals surface area contributed by atoms with Gasteiger partial charge in [-0.3, -0.25) is 13.9 Å². The first kappa shape index (κ1) is 27.3. The van der Waals surface area contributed by atoms with E-state index in [1.807, 2.05) is 51.1 Å². The van der Waals surface area contributed by atoms with Gasteiger partial charge in [0.15, 0.2) is 11.5 Å². The van der Waals surface area contributed by atoms with Gasteiger partial charge in [-0.25, -0.2) is 8.42 Å². The van der Waals surface area contributed by atoms with E-state index in [0.29, 0.717) is 23.6 Å². The summed E-state index contributed by atoms with van der Waals surface area (Å²) in [5, 5.41) is 2.96. The largest absolute Gasteiger partial charge is 0.454 e. The zero-order chi connectivity index (χ0) is 26.3. The van der Waals surface area contributed by atoms with E-state index in [2.05, 4.69) is 5.32 Å². The van der Waals surface area contributed by atoms with Crippen LogP contribution in [-0.4, -0.2) is 56.3 Å². The van der Waals surface area contributed by atoms with Gasteiger partial charge in [-0.1, -0.05) is 44.2 Å². The molecule has 10 heteroatoms. The Labute approximate surface area is 213 Å². The van der Waals surface area contributed by atoms with E-state index in [0.717, 1.165) is 16.3 Å². The first-order valence-corrected chi connectivity index (χ1v) is 13.8. The molecule has 0 unspecified atom stereocenters. The van der Waals surface area contributed by atoms with Gasteiger partial charge in [0.05, 0.1) is 11.4 Å². The highest BCUT2D eigenvalue weighted by Gasteiger charge is 2.33. The molecular weight excluding hydrogens is 482 g/mol. The Morgan fingerprint density at radius 1 is 1.00 bits per heavy atom. The maximum absolute atomic E-state index is 13.8. The van der Waals surface area contributed by atoms with Crippen LogP contribution < -0.4 is 19.1 Å². The second kappa shape index (κ2) is 12.1. The highest BCUT2D eigenvalue weighted by molar-refractivity contribution is 7.92. The number of carbonyl (C=O) groups is 2. The van der Waals surface area contributed by atoms with E-state index in [4.69, 9.17) is 9.47 Å². The second-order valence-corrected chi connectivity index (χ2v) is 10.9. The van der Waals surface area contributed by atoms with Gasteiger partial charge in [0.1, 0.15) is 12.6 Å². The molecule has 2 atom stereocenters. The minimum absolute atomic E-state index is 0.0482. The van der Waals surface area contributed by atoms with Gasteiger partial charge in [0.2, 0.25) is 28.6 Å². The highest BCUT2D eigenvalue weighted by Crippen LogP contribution is 2.36. The molecule has 2 aromatic carbocycles. The Morgan fingerprint density at radius 3 is 2.33 bits per heavy atom. The van der Waals surface area contributed by atoms with Crippen LogP contribution >= 0.6 is 0 Å². The third-order valence-electron chi connectivity index (χ3n) is 6.21. The predicted molar refractivity (Wildman–Crippen MR) is 138 cm³/mol. The van der Waals surface area contributed by atoms with Gasteiger partial charge in [-0.15, -0.1) is 0 Å². The van der Waals surface area contributed by atoms with Crippen molar-refractivity contribution >= 4 is 27.5 Å². The topological polar surface area (TPSA) is 105 Å². The van der Waals surface area contributed by atoms with Crippen LogP contribution in [0.2, 0.25) is 0 Å². The fraction of sp³-hybridized carbons (Fsp3) is 0.462. The SMILES string of the molecule is CC[C@H](C(=O)N[C@@H](C)CC)N(Cc1ccccc1)C(=O)CN(c1ccc2c(c1)OCO2)S(=O)(=O)CC. The molecule has 3 rings (SSSR count). The van der Waals surface area contributed by atoms with Crippen molar-refractivity contribution in [3.8, 4) is 11.5 Å². The van der Waals surface area contributed by atoms with Crippen molar-refractivity contribution in [3.05, 3.63) is 54.1 Å². The molecule has 2 amide bonds. The zero-order valence-electron chi connectivity index (χ0n) is 21.3. The van der Waals surface area contributed by atoms with Gasteiger partial charge in [0, 0.05) is 18.7 Å². The van der Waals surface area contributed by atoms with Gasteiger partial charge < -0.3 is 19.7 Å². The van der Waals surface area contributed by atoms with E-state index in [1.165, 1.54) is 11.8 Å². The molecule has 0 saturated carbocycles. The first-order chi connectivity index (χ1) is 17.2. The molecule has 196 valence electrons. The second-order valence-electron chi connectivity index (χ2n) is 8.69. The Bertz CT molecular complexity index is 1160. The lowest BCUT2D eigenvalue weighted by atomic mass is 10.1. The van der Waals surface area contributed by atoms with Crippen LogP contribution in [0.25, 0.3) is 0 Å². The smallest absolute Gasteiger partial charge is 0.244 e. The highest BCUT2D eigenvalue weighted by atomic mass is 32.2. The number of hydrogen-bond acceptors (Lipinski definition) is 6. The number of benzene rings is 2. The van der Waals surface area contributed by atoms with Crippen LogP contribution in [0.1, 0.15) is 46.1 Å². The summed E-state index contributed by atoms with van der Waals surface area (Å²) in [6.07, 6.45) is 1.13. The number of sulfonamides is 1. The fourth-order valence-electron chi connectivity index (χ4n) is 3.90. The van der Waals surface area contributed by atoms with Crippen molar-refractivity contribution in [2.45, 2.75) is 59.2 Å². The van der Waals surface area contributed by atoms with Gasteiger partial charge in [-0.2, -0.15) is 0 Å². The summed E-state index contributed by atoms with van der Waals surface area (Å²) in [4.78, 5) is 28.4. The lowest BCUT2D eigenvalue weighted by molar-refractivity contribution is -0.140. The van der Waals surface area contributed by atoms with Crippen molar-refractivity contribution in [1.82, 2.24) is 10.2 Å². The van der Waals surface area contributed by atoms with Crippen molar-refractivity contribution in [3.63, 3.8) is 0 Å². The van der Waals surface area contributed by atoms with Crippen LogP contribution in [0.15, 0.2) is 48.5 Å². The summed E-state index contributed by atoms with van der Waals surface area (Å²) < 4.78 is 38.0. The van der Waals surface area contributed by atoms with Gasteiger partial charge in [-0.05, 0) is 44.4 Å². The number of carbonyl (C=O) groups excluding carboxylic acids is 2. The summed E-state index contributed by atoms with van der Waals surface area (Å²) in [5.74, 6) is -0.00277. The third kappa shape index (κ3) is 6.48. The summed E-state index contributed by atoms with van der Waals surface area (Å²) in [5.41, 5.74) is 1.14. The van der Waals surface area contributed by atoms with Crippen LogP contribution in [-0.2, 0) is 26.2 Å². The average Bonchev–Trinajstić information content (AvgIpc) is 3.35. The van der Waals surface area contributed by atoms with Crippen LogP contribution in [0.4, 0.5) is 5.69 Å². The lowest BCUT2D eigenvalue weighted by Crippen LogP contribution is -2.53. The Hall–Kier alpha value is -3.27. The van der Waals surface area contributed by atoms with Crippen molar-refractivity contribution in [1.29, 1.82) is 0 Å². The van der Waals surface area contributed by atoms with Gasteiger partial charge >= 0.3 is 0 Å². The number of nitrogens with one attached hydrogen (secondary N) is 1. The molecule has 1 aliphatic rings. The number of rotatable bonds is 12. The van der Waals surface area contributed by atoms with E-state index in [-0.39, 0.29) is 31.0 Å². The summed E-state index contributed by atoms with van der Waals surface area (Å²) in [6.45, 7) is 7.01. The number of fused-ring (bicyclic) bond motifs is 1. The summed E-state index contributed by atoms with van der Waals surface area (Å²) >= 11 is 0. The zero-order valence-corrected chi connectivity index (χ0v) is 22.1. The quantitative estimate of drug-likeness (QED) is 0.463. The molecule has 0 bridgehead atoms. The molecule has 1 heterocycles. The van der Waals surface area contributed by atoms with Crippen LogP contribution in [0.5, 0.6) is 11.5 Å². The Kier molecular flexibility index (Phi) is 9.19. The molecule has 0 saturated heterocycles. The molecule has 0 spiro atoms. The number of nitrogens with zero attached hydrogens (tertiary/aromatic N) is 2. The average molecular weight is 518 g/mol. The van der Waals surface area contributed by atoms with Crippen molar-refractivity contribution in [2.75, 3.05) is 23.4 Å². The van der Waals surface area contributed by atoms with Gasteiger partial charge in [0.25, 0.3) is 0 Å². The molecule has 0 aliphatic carbocycles. The van der Waals surface area contributed by atoms with Crippen LogP contribution in [0, 0.1) is 0 Å². The molecule has 36 heavy (non-hydrogen) atoms. The Morgan fingerprint density at radius 2 is 1.69 bits per heavy atom. The molecule has 1 aliphatic heterocycles. The lowest BCUT2D eigenvalue weighted by Gasteiger charge is -2.33. The molecular formula is C26H35N3O6S. The Balaban J connectivity index is 1.95. The molecule has 2 aromatic rings. The molecule has 0 fully saturated rings. The maximum Gasteiger partial charge on any atom is 0.244 e. The van der Waals surface area contributed by atoms with Crippen molar-refractivity contribution in [2.24, 2.45) is 0 Å². The van der Waals surface area contributed by atoms with E-state index in [9.17, 15) is 18.0 Å². The van der Waals surface area contributed by atoms with Crippen LogP contribution in [0.3, 0.4) is 0 Å². The minimum atomic E-state index is -3.82. The first-order valence-electron chi connectivity index (χ1n) is 12.2. The van der Waals surface area contributed by atoms with Crippen molar-refractivity contribution < 1.29 is 27.5 Å². The monoisotopic (exact) mass is 517 g/mol. The molecule has 1 N–H and O–H groups in total. The number of amides is 2. The van der Waals surface area contributed by atoms with E-state index in [1.54, 1.807) is 18.2 Å². The molecule has 9 nitrogen and oxygen atoms in total. The number of ether oxygens (including phenoxy) is 2. The fourth-order valence-corrected chi connectivity index (χ4v) is 4.95. The summed E-state index contributed by atoms with van der Waals surface area (Å²) in [7, 11) is -3.82. The third-order valence-corrected chi connectivity index (χ3v) is 7.95. The number of anilines is 1. The standard InChI is InChI=1S/C26H35N3O6S/c1-5-19(4)27-26(31)22(6-2)28(16-20-11-9-8-10-12-20)25(30)17-29(36(32,33)7-3)21-13-14-23-24(15-21)35-18-34-23/h8-15,19,22H,5-7,16-18H2,1-4H3,(H,27,31)/t19-,22+/m0/s1. The number of hydrogen-bond donors (Lipinski definition) is 1. The van der Waals surface area contributed by atoms with E-state index >= 15 is 0 Å².